The minimum Gasteiger partial charge on any atom is -0.508 e. The van der Waals surface area contributed by atoms with Crippen LogP contribution in [0.3, 0.4) is 0 Å². The number of nitrogens with zero attached hydrogens (tertiary/aromatic N) is 1. The Bertz CT molecular complexity index is 856. The number of aromatic hydroxyl groups is 1. The van der Waals surface area contributed by atoms with Crippen LogP contribution in [0, 0.1) is 0 Å². The number of likely N-dealkylation sites (tertiary alicyclic amines) is 1. The summed E-state index contributed by atoms with van der Waals surface area (Å²) >= 11 is 0. The number of hydrogen-bond acceptors (Lipinski definition) is 3. The maximum Gasteiger partial charge on any atom is 0.416 e. The highest BCUT2D eigenvalue weighted by atomic mass is 19.4. The van der Waals surface area contributed by atoms with E-state index in [1.807, 2.05) is 12.1 Å². The van der Waals surface area contributed by atoms with Gasteiger partial charge in [-0.2, -0.15) is 13.2 Å². The van der Waals surface area contributed by atoms with Gasteiger partial charge in [-0.25, -0.2) is 0 Å². The summed E-state index contributed by atoms with van der Waals surface area (Å²) in [5.41, 5.74) is 0.351. The summed E-state index contributed by atoms with van der Waals surface area (Å²) in [5.74, 6) is -0.299. The van der Waals surface area contributed by atoms with E-state index < -0.39 is 17.6 Å². The molecule has 0 radical (unpaired) electrons. The molecule has 0 spiro atoms. The second-order valence-electron chi connectivity index (χ2n) is 7.00. The maximum absolute atomic E-state index is 12.6. The molecule has 1 fully saturated rings. The van der Waals surface area contributed by atoms with Gasteiger partial charge in [-0.1, -0.05) is 12.1 Å². The average molecular weight is 406 g/mol. The van der Waals surface area contributed by atoms with Gasteiger partial charge < -0.3 is 15.3 Å². The molecule has 0 atom stereocenters. The van der Waals surface area contributed by atoms with E-state index in [2.05, 4.69) is 5.32 Å². The average Bonchev–Trinajstić information content (AvgIpc) is 2.72. The number of hydrogen-bond donors (Lipinski definition) is 2. The largest absolute Gasteiger partial charge is 0.508 e. The molecule has 1 aliphatic heterocycles. The topological polar surface area (TPSA) is 69.6 Å². The zero-order chi connectivity index (χ0) is 21.0. The van der Waals surface area contributed by atoms with Gasteiger partial charge in [-0.15, -0.1) is 0 Å². The number of carbonyl (C=O) groups excluding carboxylic acids is 2. The van der Waals surface area contributed by atoms with Crippen LogP contribution < -0.4 is 5.32 Å². The normalized spacial score (nSPS) is 15.2. The Balaban J connectivity index is 1.47. The smallest absolute Gasteiger partial charge is 0.416 e. The first-order valence-corrected chi connectivity index (χ1v) is 9.26. The van der Waals surface area contributed by atoms with Crippen molar-refractivity contribution in [3.63, 3.8) is 0 Å². The molecule has 3 rings (SSSR count). The Morgan fingerprint density at radius 1 is 1.00 bits per heavy atom. The van der Waals surface area contributed by atoms with Crippen molar-refractivity contribution in [3.8, 4) is 5.75 Å². The van der Waals surface area contributed by atoms with Crippen LogP contribution >= 0.6 is 0 Å². The van der Waals surface area contributed by atoms with Crippen molar-refractivity contribution in [2.24, 2.45) is 0 Å². The van der Waals surface area contributed by atoms with Crippen molar-refractivity contribution in [2.45, 2.75) is 24.9 Å². The number of rotatable bonds is 4. The van der Waals surface area contributed by atoms with Gasteiger partial charge in [0.25, 0.3) is 5.91 Å². The summed E-state index contributed by atoms with van der Waals surface area (Å²) in [6, 6.07) is 10.9. The maximum atomic E-state index is 12.6. The van der Waals surface area contributed by atoms with Crippen LogP contribution in [-0.4, -0.2) is 41.5 Å². The molecule has 0 bridgehead atoms. The van der Waals surface area contributed by atoms with Crippen LogP contribution in [0.5, 0.6) is 5.75 Å². The lowest BCUT2D eigenvalue weighted by Crippen LogP contribution is -2.43. The fourth-order valence-corrected chi connectivity index (χ4v) is 3.39. The SMILES string of the molecule is O=C(NCC(=O)N1CCC(c2ccc(O)cc2)CC1)c1ccc(C(F)(F)F)cc1. The Hall–Kier alpha value is -3.03. The van der Waals surface area contributed by atoms with E-state index in [9.17, 15) is 27.9 Å². The summed E-state index contributed by atoms with van der Waals surface area (Å²) < 4.78 is 37.7. The first-order chi connectivity index (χ1) is 13.7. The lowest BCUT2D eigenvalue weighted by atomic mass is 9.89. The zero-order valence-electron chi connectivity index (χ0n) is 15.6. The predicted octanol–water partition coefficient (Wildman–Crippen LogP) is 3.55. The van der Waals surface area contributed by atoms with Gasteiger partial charge in [0.15, 0.2) is 0 Å². The standard InChI is InChI=1S/C21H21F3N2O3/c22-21(23,24)17-5-1-16(2-6-17)20(29)25-13-19(28)26-11-9-15(10-12-26)14-3-7-18(27)8-4-14/h1-8,15,27H,9-13H2,(H,25,29). The van der Waals surface area contributed by atoms with Crippen molar-refractivity contribution >= 4 is 11.8 Å². The number of halogens is 3. The Morgan fingerprint density at radius 3 is 2.14 bits per heavy atom. The number of nitrogens with one attached hydrogen (secondary N) is 1. The number of phenols is 1. The second-order valence-corrected chi connectivity index (χ2v) is 7.00. The molecule has 2 N–H and O–H groups in total. The van der Waals surface area contributed by atoms with Gasteiger partial charge in [0.05, 0.1) is 12.1 Å². The second kappa shape index (κ2) is 8.55. The number of phenolic OH excluding ortho intramolecular Hbond substituents is 1. The fourth-order valence-electron chi connectivity index (χ4n) is 3.39. The minimum atomic E-state index is -4.46. The number of carbonyl (C=O) groups is 2. The molecule has 1 saturated heterocycles. The lowest BCUT2D eigenvalue weighted by molar-refractivity contribution is -0.137. The fraction of sp³-hybridized carbons (Fsp3) is 0.333. The molecule has 2 amide bonds. The molecule has 0 unspecified atom stereocenters. The molecule has 0 aromatic heterocycles. The third-order valence-electron chi connectivity index (χ3n) is 5.09. The molecular weight excluding hydrogens is 385 g/mol. The van der Waals surface area contributed by atoms with E-state index in [1.54, 1.807) is 17.0 Å². The van der Waals surface area contributed by atoms with Crippen molar-refractivity contribution in [1.29, 1.82) is 0 Å². The molecule has 0 saturated carbocycles. The van der Waals surface area contributed by atoms with E-state index >= 15 is 0 Å². The molecule has 1 heterocycles. The molecule has 8 heteroatoms. The van der Waals surface area contributed by atoms with Crippen LogP contribution in [0.15, 0.2) is 48.5 Å². The van der Waals surface area contributed by atoms with Gasteiger partial charge in [0, 0.05) is 18.7 Å². The highest BCUT2D eigenvalue weighted by Gasteiger charge is 2.30. The third kappa shape index (κ3) is 5.28. The monoisotopic (exact) mass is 406 g/mol. The van der Waals surface area contributed by atoms with Crippen LogP contribution in [0.4, 0.5) is 13.2 Å². The molecule has 2 aromatic rings. The summed E-state index contributed by atoms with van der Waals surface area (Å²) in [5, 5.41) is 11.8. The highest BCUT2D eigenvalue weighted by Crippen LogP contribution is 2.30. The van der Waals surface area contributed by atoms with E-state index in [-0.39, 0.29) is 23.8 Å². The minimum absolute atomic E-state index is 0.0665. The summed E-state index contributed by atoms with van der Waals surface area (Å²) in [6.07, 6.45) is -2.90. The molecule has 0 aliphatic carbocycles. The van der Waals surface area contributed by atoms with E-state index in [1.165, 1.54) is 0 Å². The molecule has 154 valence electrons. The molecule has 2 aromatic carbocycles. The van der Waals surface area contributed by atoms with Gasteiger partial charge in [0.2, 0.25) is 5.91 Å². The number of benzene rings is 2. The van der Waals surface area contributed by atoms with Gasteiger partial charge in [-0.3, -0.25) is 9.59 Å². The molecule has 5 nitrogen and oxygen atoms in total. The van der Waals surface area contributed by atoms with Crippen molar-refractivity contribution in [3.05, 3.63) is 65.2 Å². The van der Waals surface area contributed by atoms with Crippen molar-refractivity contribution in [1.82, 2.24) is 10.2 Å². The van der Waals surface area contributed by atoms with E-state index in [4.69, 9.17) is 0 Å². The van der Waals surface area contributed by atoms with Crippen LogP contribution in [0.2, 0.25) is 0 Å². The zero-order valence-corrected chi connectivity index (χ0v) is 15.6. The number of amides is 2. The van der Waals surface area contributed by atoms with Crippen molar-refractivity contribution in [2.75, 3.05) is 19.6 Å². The third-order valence-corrected chi connectivity index (χ3v) is 5.09. The first-order valence-electron chi connectivity index (χ1n) is 9.26. The Labute approximate surface area is 166 Å². The van der Waals surface area contributed by atoms with Gasteiger partial charge >= 0.3 is 6.18 Å². The summed E-state index contributed by atoms with van der Waals surface area (Å²) in [7, 11) is 0. The summed E-state index contributed by atoms with van der Waals surface area (Å²) in [4.78, 5) is 26.1. The molecule has 29 heavy (non-hydrogen) atoms. The van der Waals surface area contributed by atoms with E-state index in [0.29, 0.717) is 19.0 Å². The van der Waals surface area contributed by atoms with Crippen molar-refractivity contribution < 1.29 is 27.9 Å². The first kappa shape index (κ1) is 20.7. The van der Waals surface area contributed by atoms with Crippen LogP contribution in [-0.2, 0) is 11.0 Å². The summed E-state index contributed by atoms with van der Waals surface area (Å²) in [6.45, 7) is 0.908. The van der Waals surface area contributed by atoms with Crippen LogP contribution in [0.1, 0.15) is 40.2 Å². The van der Waals surface area contributed by atoms with Gasteiger partial charge in [0.1, 0.15) is 5.75 Å². The Morgan fingerprint density at radius 2 is 1.59 bits per heavy atom. The predicted molar refractivity (Wildman–Crippen MR) is 100 cm³/mol. The highest BCUT2D eigenvalue weighted by molar-refractivity contribution is 5.96. The van der Waals surface area contributed by atoms with E-state index in [0.717, 1.165) is 42.7 Å². The molecular formula is C21H21F3N2O3. The molecule has 1 aliphatic rings. The number of piperidine rings is 1. The Kier molecular flexibility index (Phi) is 6.10. The van der Waals surface area contributed by atoms with Crippen LogP contribution in [0.25, 0.3) is 0 Å². The lowest BCUT2D eigenvalue weighted by Gasteiger charge is -2.32. The van der Waals surface area contributed by atoms with Gasteiger partial charge in [-0.05, 0) is 60.7 Å². The quantitative estimate of drug-likeness (QED) is 0.816. The number of alkyl halides is 3.